The Labute approximate surface area is 135 Å². The number of hydrogen-bond acceptors (Lipinski definition) is 2. The Balaban J connectivity index is 1.52. The summed E-state index contributed by atoms with van der Waals surface area (Å²) in [5.41, 5.74) is 2.13. The first-order chi connectivity index (χ1) is 11.0. The number of aryl methyl sites for hydroxylation is 1. The van der Waals surface area contributed by atoms with Crippen LogP contribution in [0.4, 0.5) is 8.78 Å². The minimum atomic E-state index is -0.768. The maximum Gasteiger partial charge on any atom is 0.159 e. The fourth-order valence-electron chi connectivity index (χ4n) is 3.27. The van der Waals surface area contributed by atoms with Gasteiger partial charge in [0.1, 0.15) is 5.82 Å². The average molecular weight is 319 g/mol. The lowest BCUT2D eigenvalue weighted by atomic mass is 9.90. The van der Waals surface area contributed by atoms with E-state index in [1.165, 1.54) is 17.8 Å². The van der Waals surface area contributed by atoms with Gasteiger partial charge in [-0.15, -0.1) is 0 Å². The number of imidazole rings is 1. The van der Waals surface area contributed by atoms with E-state index in [9.17, 15) is 8.78 Å². The van der Waals surface area contributed by atoms with Gasteiger partial charge in [0, 0.05) is 19.8 Å². The third-order valence-corrected chi connectivity index (χ3v) is 4.92. The van der Waals surface area contributed by atoms with Crippen LogP contribution in [-0.4, -0.2) is 27.5 Å². The Morgan fingerprint density at radius 3 is 2.52 bits per heavy atom. The van der Waals surface area contributed by atoms with E-state index in [0.717, 1.165) is 50.3 Å². The van der Waals surface area contributed by atoms with Crippen molar-refractivity contribution in [2.24, 2.45) is 13.0 Å². The molecule has 3 nitrogen and oxygen atoms in total. The molecule has 1 fully saturated rings. The molecule has 3 rings (SSSR count). The molecule has 0 aliphatic carbocycles. The Bertz CT molecular complexity index is 673. The van der Waals surface area contributed by atoms with Crippen molar-refractivity contribution >= 4 is 0 Å². The Morgan fingerprint density at radius 1 is 1.17 bits per heavy atom. The van der Waals surface area contributed by atoms with E-state index < -0.39 is 11.6 Å². The van der Waals surface area contributed by atoms with Crippen molar-refractivity contribution in [3.8, 4) is 0 Å². The second-order valence-corrected chi connectivity index (χ2v) is 6.53. The summed E-state index contributed by atoms with van der Waals surface area (Å²) in [5, 5.41) is 0. The minimum absolute atomic E-state index is 0.546. The van der Waals surface area contributed by atoms with Crippen molar-refractivity contribution in [1.82, 2.24) is 14.5 Å². The number of likely N-dealkylation sites (tertiary alicyclic amines) is 1. The van der Waals surface area contributed by atoms with Gasteiger partial charge < -0.3 is 4.57 Å². The van der Waals surface area contributed by atoms with E-state index in [1.54, 1.807) is 6.07 Å². The van der Waals surface area contributed by atoms with Gasteiger partial charge in [0.05, 0.1) is 5.69 Å². The van der Waals surface area contributed by atoms with E-state index in [-0.39, 0.29) is 0 Å². The van der Waals surface area contributed by atoms with Crippen LogP contribution in [0.1, 0.15) is 29.9 Å². The highest BCUT2D eigenvalue weighted by Gasteiger charge is 2.21. The van der Waals surface area contributed by atoms with Crippen molar-refractivity contribution in [1.29, 1.82) is 0 Å². The lowest BCUT2D eigenvalue weighted by Gasteiger charge is -2.32. The van der Waals surface area contributed by atoms with Crippen molar-refractivity contribution in [3.63, 3.8) is 0 Å². The molecule has 1 aliphatic heterocycles. The normalized spacial score (nSPS) is 16.9. The molecule has 1 aromatic carbocycles. The Hall–Kier alpha value is -1.75. The summed E-state index contributed by atoms with van der Waals surface area (Å²) in [7, 11) is 2.05. The van der Waals surface area contributed by atoms with Gasteiger partial charge in [-0.05, 0) is 62.9 Å². The van der Waals surface area contributed by atoms with Gasteiger partial charge in [0.25, 0.3) is 0 Å². The van der Waals surface area contributed by atoms with Gasteiger partial charge in [-0.1, -0.05) is 6.07 Å². The average Bonchev–Trinajstić information content (AvgIpc) is 2.85. The Morgan fingerprint density at radius 2 is 1.91 bits per heavy atom. The van der Waals surface area contributed by atoms with Crippen molar-refractivity contribution in [2.75, 3.05) is 13.1 Å². The van der Waals surface area contributed by atoms with E-state index in [1.807, 2.05) is 20.2 Å². The first-order valence-corrected chi connectivity index (χ1v) is 8.16. The van der Waals surface area contributed by atoms with E-state index in [2.05, 4.69) is 14.5 Å². The maximum atomic E-state index is 13.3. The summed E-state index contributed by atoms with van der Waals surface area (Å²) in [5.74, 6) is 0.0687. The topological polar surface area (TPSA) is 21.1 Å². The fourth-order valence-corrected chi connectivity index (χ4v) is 3.27. The third-order valence-electron chi connectivity index (χ3n) is 4.92. The van der Waals surface area contributed by atoms with Gasteiger partial charge >= 0.3 is 0 Å². The van der Waals surface area contributed by atoms with Gasteiger partial charge in [-0.2, -0.15) is 0 Å². The first-order valence-electron chi connectivity index (χ1n) is 8.16. The zero-order valence-electron chi connectivity index (χ0n) is 13.7. The molecule has 0 amide bonds. The van der Waals surface area contributed by atoms with Crippen molar-refractivity contribution in [3.05, 3.63) is 53.1 Å². The first kappa shape index (κ1) is 16.1. The predicted molar refractivity (Wildman–Crippen MR) is 86.0 cm³/mol. The van der Waals surface area contributed by atoms with Crippen LogP contribution in [0.15, 0.2) is 24.4 Å². The molecule has 2 aromatic rings. The SMILES string of the molecule is Cc1ncc(CN2CCC(Cc3ccc(F)c(F)c3)CC2)n1C. The number of piperidine rings is 1. The highest BCUT2D eigenvalue weighted by atomic mass is 19.2. The molecule has 0 saturated carbocycles. The highest BCUT2D eigenvalue weighted by Crippen LogP contribution is 2.23. The molecule has 23 heavy (non-hydrogen) atoms. The summed E-state index contributed by atoms with van der Waals surface area (Å²) in [4.78, 5) is 6.78. The molecular formula is C18H23F2N3. The molecule has 0 bridgehead atoms. The summed E-state index contributed by atoms with van der Waals surface area (Å²) < 4.78 is 28.4. The second-order valence-electron chi connectivity index (χ2n) is 6.53. The summed E-state index contributed by atoms with van der Waals surface area (Å²) in [6, 6.07) is 4.26. The van der Waals surface area contributed by atoms with Crippen LogP contribution in [0.5, 0.6) is 0 Å². The largest absolute Gasteiger partial charge is 0.334 e. The summed E-state index contributed by atoms with van der Waals surface area (Å²) >= 11 is 0. The number of hydrogen-bond donors (Lipinski definition) is 0. The van der Waals surface area contributed by atoms with Crippen LogP contribution in [0, 0.1) is 24.5 Å². The molecule has 0 unspecified atom stereocenters. The molecule has 0 atom stereocenters. The molecule has 2 heterocycles. The lowest BCUT2D eigenvalue weighted by Crippen LogP contribution is -2.34. The number of benzene rings is 1. The quantitative estimate of drug-likeness (QED) is 0.860. The molecule has 0 spiro atoms. The number of halogens is 2. The number of aromatic nitrogens is 2. The number of nitrogens with zero attached hydrogens (tertiary/aromatic N) is 3. The summed E-state index contributed by atoms with van der Waals surface area (Å²) in [6.45, 7) is 5.02. The van der Waals surface area contributed by atoms with Crippen LogP contribution in [0.3, 0.4) is 0 Å². The van der Waals surface area contributed by atoms with Crippen molar-refractivity contribution < 1.29 is 8.78 Å². The molecule has 0 N–H and O–H groups in total. The van der Waals surface area contributed by atoms with Crippen molar-refractivity contribution in [2.45, 2.75) is 32.7 Å². The van der Waals surface area contributed by atoms with Crippen LogP contribution >= 0.6 is 0 Å². The maximum absolute atomic E-state index is 13.3. The van der Waals surface area contributed by atoms with Crippen LogP contribution in [0.25, 0.3) is 0 Å². The smallest absolute Gasteiger partial charge is 0.159 e. The minimum Gasteiger partial charge on any atom is -0.334 e. The molecular weight excluding hydrogens is 296 g/mol. The zero-order valence-corrected chi connectivity index (χ0v) is 13.7. The van der Waals surface area contributed by atoms with Gasteiger partial charge in [0.15, 0.2) is 11.6 Å². The van der Waals surface area contributed by atoms with E-state index >= 15 is 0 Å². The zero-order chi connectivity index (χ0) is 16.4. The molecule has 1 aromatic heterocycles. The van der Waals surface area contributed by atoms with Gasteiger partial charge in [-0.25, -0.2) is 13.8 Å². The van der Waals surface area contributed by atoms with E-state index in [4.69, 9.17) is 0 Å². The Kier molecular flexibility index (Phi) is 4.76. The monoisotopic (exact) mass is 319 g/mol. The van der Waals surface area contributed by atoms with Crippen LogP contribution < -0.4 is 0 Å². The second kappa shape index (κ2) is 6.79. The fraction of sp³-hybridized carbons (Fsp3) is 0.500. The standard InChI is InChI=1S/C18H23F2N3/c1-13-21-11-16(22(13)2)12-23-7-5-14(6-8-23)9-15-3-4-17(19)18(20)10-15/h3-4,10-11,14H,5-9,12H2,1-2H3. The molecule has 1 aliphatic rings. The lowest BCUT2D eigenvalue weighted by molar-refractivity contribution is 0.174. The van der Waals surface area contributed by atoms with Crippen LogP contribution in [0.2, 0.25) is 0 Å². The predicted octanol–water partition coefficient (Wildman–Crippen LogP) is 3.46. The van der Waals surface area contributed by atoms with E-state index in [0.29, 0.717) is 5.92 Å². The molecule has 0 radical (unpaired) electrons. The molecule has 124 valence electrons. The van der Waals surface area contributed by atoms with Gasteiger partial charge in [-0.3, -0.25) is 4.90 Å². The van der Waals surface area contributed by atoms with Gasteiger partial charge in [0.2, 0.25) is 0 Å². The number of rotatable bonds is 4. The summed E-state index contributed by atoms with van der Waals surface area (Å²) in [6.07, 6.45) is 4.96. The highest BCUT2D eigenvalue weighted by molar-refractivity contribution is 5.18. The third kappa shape index (κ3) is 3.78. The molecule has 5 heteroatoms. The van der Waals surface area contributed by atoms with Crippen LogP contribution in [-0.2, 0) is 20.0 Å². The molecule has 1 saturated heterocycles.